The number of fused-ring (bicyclic) bond motifs is 1. The molecule has 1 aromatic heterocycles. The quantitative estimate of drug-likeness (QED) is 0.146. The van der Waals surface area contributed by atoms with E-state index in [9.17, 15) is 9.18 Å². The second-order valence-corrected chi connectivity index (χ2v) is 11.2. The molecule has 0 saturated carbocycles. The number of ether oxygens (including phenoxy) is 2. The maximum absolute atomic E-state index is 14.3. The number of aromatic nitrogens is 1. The van der Waals surface area contributed by atoms with E-state index in [2.05, 4.69) is 24.5 Å². The molecule has 39 heavy (non-hydrogen) atoms. The van der Waals surface area contributed by atoms with Gasteiger partial charge in [-0.15, -0.1) is 11.8 Å². The molecule has 0 saturated heterocycles. The number of methoxy groups -OCH3 is 1. The zero-order valence-electron chi connectivity index (χ0n) is 22.4. The summed E-state index contributed by atoms with van der Waals surface area (Å²) in [5.74, 6) is 0.139. The van der Waals surface area contributed by atoms with Crippen molar-refractivity contribution in [1.29, 1.82) is 0 Å². The second kappa shape index (κ2) is 11.4. The molecule has 0 aliphatic carbocycles. The van der Waals surface area contributed by atoms with Crippen molar-refractivity contribution >= 4 is 28.6 Å². The fourth-order valence-electron chi connectivity index (χ4n) is 4.66. The van der Waals surface area contributed by atoms with Crippen molar-refractivity contribution < 1.29 is 18.7 Å². The number of thioether (sulfide) groups is 1. The molecule has 0 fully saturated rings. The molecule has 0 spiro atoms. The van der Waals surface area contributed by atoms with Crippen LogP contribution in [0, 0.1) is 12.7 Å². The van der Waals surface area contributed by atoms with Gasteiger partial charge in [0.25, 0.3) is 0 Å². The molecule has 5 rings (SSSR count). The van der Waals surface area contributed by atoms with E-state index in [0.717, 1.165) is 44.1 Å². The Morgan fingerprint density at radius 2 is 1.69 bits per heavy atom. The van der Waals surface area contributed by atoms with Gasteiger partial charge >= 0.3 is 5.97 Å². The Morgan fingerprint density at radius 1 is 0.949 bits per heavy atom. The van der Waals surface area contributed by atoms with Crippen LogP contribution in [0.25, 0.3) is 27.7 Å². The van der Waals surface area contributed by atoms with E-state index in [0.29, 0.717) is 17.7 Å². The summed E-state index contributed by atoms with van der Waals surface area (Å²) in [5, 5.41) is 2.26. The van der Waals surface area contributed by atoms with Crippen molar-refractivity contribution in [3.05, 3.63) is 114 Å². The maximum atomic E-state index is 14.3. The molecule has 198 valence electrons. The van der Waals surface area contributed by atoms with Crippen LogP contribution in [-0.4, -0.2) is 22.9 Å². The number of hydrogen-bond acceptors (Lipinski definition) is 4. The molecule has 0 unspecified atom stereocenters. The molecule has 0 amide bonds. The minimum Gasteiger partial charge on any atom is -0.488 e. The Morgan fingerprint density at radius 3 is 2.36 bits per heavy atom. The van der Waals surface area contributed by atoms with E-state index in [1.54, 1.807) is 30.8 Å². The molecule has 0 aliphatic rings. The van der Waals surface area contributed by atoms with Crippen molar-refractivity contribution in [3.63, 3.8) is 0 Å². The van der Waals surface area contributed by atoms with Gasteiger partial charge in [-0.2, -0.15) is 0 Å². The van der Waals surface area contributed by atoms with Crippen LogP contribution < -0.4 is 4.74 Å². The monoisotopic (exact) mass is 539 g/mol. The minimum absolute atomic E-state index is 0.237. The SMILES string of the molecule is COC(=O)c1ccc(-c2c(SC(C)C)n(-c3ccc(F)c(C)c3)c3cccc(OCc4ccccc4)c23)cc1. The summed E-state index contributed by atoms with van der Waals surface area (Å²) in [4.78, 5) is 12.1. The minimum atomic E-state index is -0.380. The Kier molecular flexibility index (Phi) is 7.75. The third-order valence-corrected chi connectivity index (χ3v) is 7.57. The van der Waals surface area contributed by atoms with Crippen LogP contribution in [0.15, 0.2) is 96.0 Å². The van der Waals surface area contributed by atoms with Gasteiger partial charge < -0.3 is 14.0 Å². The highest BCUT2D eigenvalue weighted by atomic mass is 32.2. The fourth-order valence-corrected chi connectivity index (χ4v) is 5.75. The third-order valence-electron chi connectivity index (χ3n) is 6.49. The van der Waals surface area contributed by atoms with E-state index in [4.69, 9.17) is 9.47 Å². The fraction of sp³-hybridized carbons (Fsp3) is 0.182. The predicted octanol–water partition coefficient (Wildman–Crippen LogP) is 8.61. The maximum Gasteiger partial charge on any atom is 0.337 e. The number of rotatable bonds is 8. The lowest BCUT2D eigenvalue weighted by atomic mass is 10.0. The van der Waals surface area contributed by atoms with Crippen LogP contribution in [0.1, 0.15) is 35.3 Å². The van der Waals surface area contributed by atoms with Crippen molar-refractivity contribution in [2.75, 3.05) is 7.11 Å². The highest BCUT2D eigenvalue weighted by Gasteiger charge is 2.24. The zero-order valence-corrected chi connectivity index (χ0v) is 23.2. The summed E-state index contributed by atoms with van der Waals surface area (Å²) in [6, 6.07) is 28.8. The number of nitrogens with zero attached hydrogens (tertiary/aromatic N) is 1. The van der Waals surface area contributed by atoms with E-state index in [-0.39, 0.29) is 17.0 Å². The van der Waals surface area contributed by atoms with Crippen LogP contribution in [0.2, 0.25) is 0 Å². The average Bonchev–Trinajstić information content (AvgIpc) is 3.27. The Balaban J connectivity index is 1.78. The first kappa shape index (κ1) is 26.6. The van der Waals surface area contributed by atoms with Crippen molar-refractivity contribution in [1.82, 2.24) is 4.57 Å². The number of aryl methyl sites for hydroxylation is 1. The standard InChI is InChI=1S/C33H30FNO3S/c1-21(2)39-32-30(24-13-15-25(16-14-24)33(36)37-4)31-28(35(32)26-17-18-27(34)22(3)19-26)11-8-12-29(31)38-20-23-9-6-5-7-10-23/h5-19,21H,20H2,1-4H3. The first-order valence-electron chi connectivity index (χ1n) is 12.8. The van der Waals surface area contributed by atoms with Crippen LogP contribution >= 0.6 is 11.8 Å². The van der Waals surface area contributed by atoms with E-state index >= 15 is 0 Å². The molecule has 0 aliphatic heterocycles. The molecule has 0 N–H and O–H groups in total. The van der Waals surface area contributed by atoms with Gasteiger partial charge in [-0.25, -0.2) is 9.18 Å². The molecule has 1 heterocycles. The lowest BCUT2D eigenvalue weighted by Gasteiger charge is -2.15. The largest absolute Gasteiger partial charge is 0.488 e. The van der Waals surface area contributed by atoms with Gasteiger partial charge in [0.05, 0.1) is 28.6 Å². The Hall–Kier alpha value is -4.03. The summed E-state index contributed by atoms with van der Waals surface area (Å²) < 4.78 is 27.8. The molecular weight excluding hydrogens is 509 g/mol. The molecular formula is C33H30FNO3S. The number of hydrogen-bond donors (Lipinski definition) is 0. The Labute approximate surface area is 232 Å². The van der Waals surface area contributed by atoms with Gasteiger partial charge in [-0.3, -0.25) is 0 Å². The van der Waals surface area contributed by atoms with Gasteiger partial charge in [-0.05, 0) is 66.1 Å². The van der Waals surface area contributed by atoms with E-state index in [1.165, 1.54) is 13.2 Å². The molecule has 0 bridgehead atoms. The van der Waals surface area contributed by atoms with E-state index < -0.39 is 0 Å². The zero-order chi connectivity index (χ0) is 27.5. The van der Waals surface area contributed by atoms with Crippen LogP contribution in [0.5, 0.6) is 5.75 Å². The molecule has 0 atom stereocenters. The first-order valence-corrected chi connectivity index (χ1v) is 13.7. The van der Waals surface area contributed by atoms with Crippen LogP contribution in [-0.2, 0) is 11.3 Å². The van der Waals surface area contributed by atoms with Crippen LogP contribution in [0.4, 0.5) is 4.39 Å². The molecule has 5 aromatic rings. The molecule has 6 heteroatoms. The van der Waals surface area contributed by atoms with Gasteiger partial charge in [0.1, 0.15) is 18.2 Å². The molecule has 4 aromatic carbocycles. The third kappa shape index (κ3) is 5.43. The normalized spacial score (nSPS) is 11.2. The lowest BCUT2D eigenvalue weighted by Crippen LogP contribution is -2.01. The van der Waals surface area contributed by atoms with E-state index in [1.807, 2.05) is 66.7 Å². The van der Waals surface area contributed by atoms with Gasteiger partial charge in [-0.1, -0.05) is 62.4 Å². The number of halogens is 1. The average molecular weight is 540 g/mol. The van der Waals surface area contributed by atoms with Gasteiger partial charge in [0.15, 0.2) is 0 Å². The summed E-state index contributed by atoms with van der Waals surface area (Å²) in [6.07, 6.45) is 0. The molecule has 0 radical (unpaired) electrons. The van der Waals surface area contributed by atoms with Crippen molar-refractivity contribution in [3.8, 4) is 22.6 Å². The summed E-state index contributed by atoms with van der Waals surface area (Å²) in [6.45, 7) is 6.51. The smallest absolute Gasteiger partial charge is 0.337 e. The molecule has 4 nitrogen and oxygen atoms in total. The van der Waals surface area contributed by atoms with Gasteiger partial charge in [0, 0.05) is 16.5 Å². The summed E-state index contributed by atoms with van der Waals surface area (Å²) in [7, 11) is 1.38. The number of carbonyl (C=O) groups is 1. The number of carbonyl (C=O) groups excluding carboxylic acids is 1. The van der Waals surface area contributed by atoms with Crippen LogP contribution in [0.3, 0.4) is 0 Å². The highest BCUT2D eigenvalue weighted by molar-refractivity contribution is 8.00. The highest BCUT2D eigenvalue weighted by Crippen LogP contribution is 2.47. The second-order valence-electron chi connectivity index (χ2n) is 9.61. The van der Waals surface area contributed by atoms with Crippen molar-refractivity contribution in [2.45, 2.75) is 37.7 Å². The number of esters is 1. The number of benzene rings is 4. The lowest BCUT2D eigenvalue weighted by molar-refractivity contribution is 0.0600. The summed E-state index contributed by atoms with van der Waals surface area (Å²) in [5.41, 5.74) is 5.92. The van der Waals surface area contributed by atoms with Gasteiger partial charge in [0.2, 0.25) is 0 Å². The topological polar surface area (TPSA) is 40.5 Å². The van der Waals surface area contributed by atoms with Crippen molar-refractivity contribution in [2.24, 2.45) is 0 Å². The summed E-state index contributed by atoms with van der Waals surface area (Å²) >= 11 is 1.74. The Bertz CT molecular complexity index is 1630. The first-order chi connectivity index (χ1) is 18.9. The predicted molar refractivity (Wildman–Crippen MR) is 157 cm³/mol.